The lowest BCUT2D eigenvalue weighted by atomic mass is 10.0. The average Bonchev–Trinajstić information content (AvgIpc) is 3.41. The number of hydrogen-bond donors (Lipinski definition) is 1. The zero-order valence-corrected chi connectivity index (χ0v) is 19.0. The lowest BCUT2D eigenvalue weighted by Crippen LogP contribution is -2.24. The molecule has 34 heavy (non-hydrogen) atoms. The summed E-state index contributed by atoms with van der Waals surface area (Å²) >= 11 is 1.36. The summed E-state index contributed by atoms with van der Waals surface area (Å²) in [5.41, 5.74) is 4.36. The third-order valence-corrected chi connectivity index (χ3v) is 6.13. The van der Waals surface area contributed by atoms with Gasteiger partial charge in [-0.3, -0.25) is 4.79 Å². The minimum Gasteiger partial charge on any atom is -0.505 e. The number of hydrogen-bond acceptors (Lipinski definition) is 7. The molecule has 2 aromatic carbocycles. The third kappa shape index (κ3) is 3.74. The molecule has 7 nitrogen and oxygen atoms in total. The van der Waals surface area contributed by atoms with Crippen LogP contribution in [0.1, 0.15) is 16.1 Å². The van der Waals surface area contributed by atoms with Crippen LogP contribution in [0.3, 0.4) is 0 Å². The number of aromatic hydroxyl groups is 1. The Hall–Kier alpha value is -4.30. The van der Waals surface area contributed by atoms with Gasteiger partial charge in [0.2, 0.25) is 0 Å². The SMILES string of the molecule is COC(=O)c1nc(-c2cscn2)c2c(cc(-c3ccccc3)c(=O)n2Cc2ccccc2)c1O. The summed E-state index contributed by atoms with van der Waals surface area (Å²) in [4.78, 5) is 35.1. The van der Waals surface area contributed by atoms with E-state index in [9.17, 15) is 14.7 Å². The Kier molecular flexibility index (Phi) is 5.65. The van der Waals surface area contributed by atoms with Gasteiger partial charge in [-0.15, -0.1) is 11.3 Å². The van der Waals surface area contributed by atoms with Crippen LogP contribution >= 0.6 is 11.3 Å². The molecule has 3 aromatic heterocycles. The second-order valence-corrected chi connectivity index (χ2v) is 8.30. The number of methoxy groups -OCH3 is 1. The number of fused-ring (bicyclic) bond motifs is 1. The van der Waals surface area contributed by atoms with Gasteiger partial charge in [0, 0.05) is 16.3 Å². The van der Waals surface area contributed by atoms with E-state index in [0.717, 1.165) is 5.56 Å². The first-order valence-corrected chi connectivity index (χ1v) is 11.4. The molecule has 1 N–H and O–H groups in total. The second-order valence-electron chi connectivity index (χ2n) is 7.59. The van der Waals surface area contributed by atoms with Gasteiger partial charge in [0.25, 0.3) is 5.56 Å². The maximum atomic E-state index is 13.8. The van der Waals surface area contributed by atoms with Crippen molar-refractivity contribution in [2.75, 3.05) is 7.11 Å². The summed E-state index contributed by atoms with van der Waals surface area (Å²) in [6.45, 7) is 0.243. The smallest absolute Gasteiger partial charge is 0.360 e. The summed E-state index contributed by atoms with van der Waals surface area (Å²) < 4.78 is 6.43. The number of nitrogens with zero attached hydrogens (tertiary/aromatic N) is 3. The van der Waals surface area contributed by atoms with Crippen molar-refractivity contribution in [2.45, 2.75) is 6.54 Å². The first kappa shape index (κ1) is 21.5. The van der Waals surface area contributed by atoms with Crippen LogP contribution in [0.5, 0.6) is 5.75 Å². The summed E-state index contributed by atoms with van der Waals surface area (Å²) in [6.07, 6.45) is 0. The molecule has 0 aliphatic rings. The fraction of sp³-hybridized carbons (Fsp3) is 0.0769. The van der Waals surface area contributed by atoms with Crippen molar-refractivity contribution < 1.29 is 14.6 Å². The number of ether oxygens (including phenoxy) is 1. The van der Waals surface area contributed by atoms with E-state index in [-0.39, 0.29) is 23.5 Å². The first-order valence-electron chi connectivity index (χ1n) is 10.4. The van der Waals surface area contributed by atoms with Crippen molar-refractivity contribution in [1.82, 2.24) is 14.5 Å². The topological polar surface area (TPSA) is 94.3 Å². The van der Waals surface area contributed by atoms with E-state index in [1.807, 2.05) is 60.7 Å². The lowest BCUT2D eigenvalue weighted by molar-refractivity contribution is 0.0591. The molecule has 0 saturated heterocycles. The number of carbonyl (C=O) groups is 1. The van der Waals surface area contributed by atoms with Gasteiger partial charge >= 0.3 is 5.97 Å². The van der Waals surface area contributed by atoms with Gasteiger partial charge in [-0.25, -0.2) is 14.8 Å². The summed E-state index contributed by atoms with van der Waals surface area (Å²) in [7, 11) is 1.22. The normalized spacial score (nSPS) is 11.0. The van der Waals surface area contributed by atoms with Crippen LogP contribution < -0.4 is 5.56 Å². The monoisotopic (exact) mass is 469 g/mol. The van der Waals surface area contributed by atoms with E-state index in [2.05, 4.69) is 9.97 Å². The third-order valence-electron chi connectivity index (χ3n) is 5.54. The molecule has 3 heterocycles. The Bertz CT molecular complexity index is 1550. The van der Waals surface area contributed by atoms with Gasteiger partial charge in [-0.1, -0.05) is 60.7 Å². The molecule has 0 saturated carbocycles. The highest BCUT2D eigenvalue weighted by Crippen LogP contribution is 2.36. The van der Waals surface area contributed by atoms with Crippen LogP contribution in [0.2, 0.25) is 0 Å². The van der Waals surface area contributed by atoms with Crippen molar-refractivity contribution >= 4 is 28.2 Å². The number of benzene rings is 2. The van der Waals surface area contributed by atoms with Gasteiger partial charge in [0.1, 0.15) is 11.4 Å². The second kappa shape index (κ2) is 8.92. The summed E-state index contributed by atoms with van der Waals surface area (Å²) in [6, 6.07) is 20.4. The Labute approximate surface area is 198 Å². The quantitative estimate of drug-likeness (QED) is 0.374. The Morgan fingerprint density at radius 2 is 1.79 bits per heavy atom. The van der Waals surface area contributed by atoms with E-state index < -0.39 is 5.97 Å². The molecule has 0 aliphatic carbocycles. The molecule has 0 radical (unpaired) electrons. The van der Waals surface area contributed by atoms with Gasteiger partial charge in [-0.05, 0) is 17.2 Å². The van der Waals surface area contributed by atoms with Crippen molar-refractivity contribution in [1.29, 1.82) is 0 Å². The zero-order valence-electron chi connectivity index (χ0n) is 18.1. The van der Waals surface area contributed by atoms with Crippen LogP contribution in [0.4, 0.5) is 0 Å². The summed E-state index contributed by atoms with van der Waals surface area (Å²) in [5, 5.41) is 13.2. The van der Waals surface area contributed by atoms with Crippen LogP contribution in [-0.4, -0.2) is 32.7 Å². The molecule has 5 rings (SSSR count). The fourth-order valence-electron chi connectivity index (χ4n) is 3.94. The van der Waals surface area contributed by atoms with E-state index in [1.54, 1.807) is 21.5 Å². The number of carbonyl (C=O) groups excluding carboxylic acids is 1. The fourth-order valence-corrected chi connectivity index (χ4v) is 4.47. The molecular formula is C26H19N3O4S. The molecule has 8 heteroatoms. The van der Waals surface area contributed by atoms with Gasteiger partial charge < -0.3 is 14.4 Å². The summed E-state index contributed by atoms with van der Waals surface area (Å²) in [5.74, 6) is -1.13. The van der Waals surface area contributed by atoms with Gasteiger partial charge in [0.05, 0.1) is 24.7 Å². The zero-order chi connectivity index (χ0) is 23.7. The van der Waals surface area contributed by atoms with Gasteiger partial charge in [-0.2, -0.15) is 0 Å². The number of aromatic nitrogens is 3. The van der Waals surface area contributed by atoms with E-state index >= 15 is 0 Å². The van der Waals surface area contributed by atoms with Crippen LogP contribution in [0.15, 0.2) is 82.4 Å². The molecule has 0 aliphatic heterocycles. The number of thiazole rings is 1. The molecule has 0 fully saturated rings. The van der Waals surface area contributed by atoms with Crippen molar-refractivity contribution in [3.8, 4) is 28.3 Å². The van der Waals surface area contributed by atoms with Crippen LogP contribution in [0, 0.1) is 0 Å². The van der Waals surface area contributed by atoms with Crippen molar-refractivity contribution in [2.24, 2.45) is 0 Å². The number of esters is 1. The highest BCUT2D eigenvalue weighted by atomic mass is 32.1. The Morgan fingerprint density at radius 1 is 1.09 bits per heavy atom. The number of pyridine rings is 2. The first-order chi connectivity index (χ1) is 16.6. The van der Waals surface area contributed by atoms with Crippen molar-refractivity contribution in [3.63, 3.8) is 0 Å². The molecule has 168 valence electrons. The van der Waals surface area contributed by atoms with E-state index in [0.29, 0.717) is 33.4 Å². The Morgan fingerprint density at radius 3 is 2.44 bits per heavy atom. The highest BCUT2D eigenvalue weighted by Gasteiger charge is 2.25. The molecule has 0 amide bonds. The average molecular weight is 470 g/mol. The molecule has 0 unspecified atom stereocenters. The van der Waals surface area contributed by atoms with Crippen LogP contribution in [-0.2, 0) is 11.3 Å². The predicted molar refractivity (Wildman–Crippen MR) is 131 cm³/mol. The maximum absolute atomic E-state index is 13.8. The maximum Gasteiger partial charge on any atom is 0.360 e. The van der Waals surface area contributed by atoms with Gasteiger partial charge in [0.15, 0.2) is 11.4 Å². The van der Waals surface area contributed by atoms with E-state index in [4.69, 9.17) is 4.74 Å². The molecular weight excluding hydrogens is 450 g/mol. The predicted octanol–water partition coefficient (Wildman–Crippen LogP) is 4.73. The minimum absolute atomic E-state index is 0.234. The molecule has 0 spiro atoms. The van der Waals surface area contributed by atoms with Crippen LogP contribution in [0.25, 0.3) is 33.4 Å². The molecule has 0 bridgehead atoms. The highest BCUT2D eigenvalue weighted by molar-refractivity contribution is 7.07. The number of rotatable bonds is 5. The lowest BCUT2D eigenvalue weighted by Gasteiger charge is -2.17. The standard InChI is InChI=1S/C26H19N3O4S/c1-33-26(32)22-24(30)19-12-18(17-10-6-3-7-11-17)25(31)29(13-16-8-4-2-5-9-16)23(19)21(28-22)20-14-34-15-27-20/h2-12,14-15,30H,13H2,1H3. The van der Waals surface area contributed by atoms with Crippen molar-refractivity contribution in [3.05, 3.63) is 99.2 Å². The minimum atomic E-state index is -0.780. The van der Waals surface area contributed by atoms with E-state index in [1.165, 1.54) is 18.4 Å². The molecule has 5 aromatic rings. The Balaban J connectivity index is 1.93. The largest absolute Gasteiger partial charge is 0.505 e. The molecule has 0 atom stereocenters.